The average molecular weight is 414 g/mol. The highest BCUT2D eigenvalue weighted by molar-refractivity contribution is 8.00. The van der Waals surface area contributed by atoms with Crippen LogP contribution in [0, 0.1) is 17.8 Å². The fraction of sp³-hybridized carbons (Fsp3) is 0.682. The number of amides is 1. The summed E-state index contributed by atoms with van der Waals surface area (Å²) in [4.78, 5) is 24.8. The summed E-state index contributed by atoms with van der Waals surface area (Å²) in [6.45, 7) is 2.04. The molecule has 5 aliphatic carbocycles. The van der Waals surface area contributed by atoms with Crippen LogP contribution < -0.4 is 5.32 Å². The van der Waals surface area contributed by atoms with E-state index in [1.54, 1.807) is 18.1 Å². The van der Waals surface area contributed by atoms with Gasteiger partial charge in [0, 0.05) is 15.8 Å². The fourth-order valence-corrected chi connectivity index (χ4v) is 9.08. The Balaban J connectivity index is 1.22. The lowest BCUT2D eigenvalue weighted by Gasteiger charge is -2.57. The molecule has 0 saturated heterocycles. The van der Waals surface area contributed by atoms with Crippen LogP contribution in [-0.2, 0) is 17.6 Å². The third kappa shape index (κ3) is 2.82. The molecular weight excluding hydrogens is 386 g/mol. The number of hydrogen-bond acceptors (Lipinski definition) is 5. The summed E-state index contributed by atoms with van der Waals surface area (Å²) < 4.78 is 0. The Bertz CT molecular complexity index is 917. The summed E-state index contributed by atoms with van der Waals surface area (Å²) in [5.74, 6) is 2.75. The molecule has 4 bridgehead atoms. The molecule has 4 saturated carbocycles. The molecule has 0 aromatic carbocycles. The van der Waals surface area contributed by atoms with Crippen LogP contribution in [0.3, 0.4) is 0 Å². The number of carbonyl (C=O) groups is 1. The second kappa shape index (κ2) is 6.43. The molecule has 28 heavy (non-hydrogen) atoms. The predicted molar refractivity (Wildman–Crippen MR) is 114 cm³/mol. The number of rotatable bonds is 4. The number of nitrogens with one attached hydrogen (secondary N) is 1. The summed E-state index contributed by atoms with van der Waals surface area (Å²) in [5.41, 5.74) is 1.53. The van der Waals surface area contributed by atoms with Crippen molar-refractivity contribution in [1.29, 1.82) is 0 Å². The van der Waals surface area contributed by atoms with E-state index < -0.39 is 0 Å². The summed E-state index contributed by atoms with van der Waals surface area (Å²) in [6.07, 6.45) is 13.0. The van der Waals surface area contributed by atoms with Gasteiger partial charge in [0.2, 0.25) is 5.91 Å². The third-order valence-corrected chi connectivity index (χ3v) is 9.85. The van der Waals surface area contributed by atoms with Gasteiger partial charge < -0.3 is 5.32 Å². The highest BCUT2D eigenvalue weighted by Crippen LogP contribution is 2.55. The minimum absolute atomic E-state index is 0.0886. The van der Waals surface area contributed by atoms with Gasteiger partial charge in [-0.05, 0) is 88.0 Å². The summed E-state index contributed by atoms with van der Waals surface area (Å²) in [7, 11) is 0. The van der Waals surface area contributed by atoms with Crippen molar-refractivity contribution in [3.8, 4) is 0 Å². The molecule has 0 spiro atoms. The number of nitrogens with zero attached hydrogens (tertiary/aromatic N) is 2. The number of thiophene rings is 1. The van der Waals surface area contributed by atoms with E-state index >= 15 is 0 Å². The second-order valence-electron chi connectivity index (χ2n) is 9.66. The van der Waals surface area contributed by atoms with Gasteiger partial charge in [-0.15, -0.1) is 11.3 Å². The Kier molecular flexibility index (Phi) is 4.06. The van der Waals surface area contributed by atoms with Gasteiger partial charge in [0.05, 0.1) is 5.25 Å². The maximum Gasteiger partial charge on any atom is 0.233 e. The molecule has 148 valence electrons. The quantitative estimate of drug-likeness (QED) is 0.581. The van der Waals surface area contributed by atoms with Gasteiger partial charge in [-0.25, -0.2) is 9.97 Å². The van der Waals surface area contributed by atoms with Gasteiger partial charge in [0.25, 0.3) is 0 Å². The highest BCUT2D eigenvalue weighted by Gasteiger charge is 2.51. The van der Waals surface area contributed by atoms with Crippen molar-refractivity contribution >= 4 is 39.2 Å². The molecule has 5 aliphatic rings. The molecule has 1 unspecified atom stereocenters. The SMILES string of the molecule is CC(Sc1ncnc2sc3c(c12)CCC3)C(=O)NC12CC3CC(CC(C3)C1)C2. The largest absolute Gasteiger partial charge is 0.350 e. The summed E-state index contributed by atoms with van der Waals surface area (Å²) >= 11 is 3.44. The molecule has 6 heteroatoms. The maximum absolute atomic E-state index is 13.2. The number of fused-ring (bicyclic) bond motifs is 3. The topological polar surface area (TPSA) is 54.9 Å². The fourth-order valence-electron chi connectivity index (χ4n) is 6.84. The van der Waals surface area contributed by atoms with E-state index in [0.717, 1.165) is 34.0 Å². The normalized spacial score (nSPS) is 34.0. The Labute approximate surface area is 174 Å². The first kappa shape index (κ1) is 17.7. The number of aryl methyl sites for hydroxylation is 2. The first-order valence-electron chi connectivity index (χ1n) is 10.8. The van der Waals surface area contributed by atoms with E-state index in [4.69, 9.17) is 0 Å². The zero-order chi connectivity index (χ0) is 18.9. The maximum atomic E-state index is 13.2. The van der Waals surface area contributed by atoms with Gasteiger partial charge in [0.15, 0.2) is 0 Å². The van der Waals surface area contributed by atoms with Crippen LogP contribution in [-0.4, -0.2) is 26.7 Å². The number of thioether (sulfide) groups is 1. The van der Waals surface area contributed by atoms with Crippen LogP contribution in [0.2, 0.25) is 0 Å². The molecule has 1 atom stereocenters. The minimum Gasteiger partial charge on any atom is -0.350 e. The van der Waals surface area contributed by atoms with Crippen LogP contribution in [0.1, 0.15) is 62.3 Å². The minimum atomic E-state index is -0.122. The molecule has 7 rings (SSSR count). The van der Waals surface area contributed by atoms with E-state index in [9.17, 15) is 4.79 Å². The van der Waals surface area contributed by atoms with Crippen molar-refractivity contribution in [2.24, 2.45) is 17.8 Å². The van der Waals surface area contributed by atoms with Crippen molar-refractivity contribution < 1.29 is 4.79 Å². The number of hydrogen-bond donors (Lipinski definition) is 1. The molecule has 0 radical (unpaired) electrons. The van der Waals surface area contributed by atoms with E-state index in [1.165, 1.54) is 67.2 Å². The smallest absolute Gasteiger partial charge is 0.233 e. The Morgan fingerprint density at radius 1 is 1.18 bits per heavy atom. The summed E-state index contributed by atoms with van der Waals surface area (Å²) in [6, 6.07) is 0. The molecule has 2 heterocycles. The lowest BCUT2D eigenvalue weighted by atomic mass is 9.53. The monoisotopic (exact) mass is 413 g/mol. The number of carbonyl (C=O) groups excluding carboxylic acids is 1. The van der Waals surface area contributed by atoms with Gasteiger partial charge in [0.1, 0.15) is 16.2 Å². The Morgan fingerprint density at radius 3 is 2.61 bits per heavy atom. The Hall–Kier alpha value is -1.14. The lowest BCUT2D eigenvalue weighted by molar-refractivity contribution is -0.126. The molecular formula is C22H27N3OS2. The molecule has 0 aliphatic heterocycles. The van der Waals surface area contributed by atoms with Crippen molar-refractivity contribution in [3.63, 3.8) is 0 Å². The zero-order valence-corrected chi connectivity index (χ0v) is 18.0. The van der Waals surface area contributed by atoms with E-state index in [-0.39, 0.29) is 16.7 Å². The molecule has 2 aromatic rings. The average Bonchev–Trinajstić information content (AvgIpc) is 3.21. The van der Waals surface area contributed by atoms with Crippen LogP contribution in [0.5, 0.6) is 0 Å². The Morgan fingerprint density at radius 2 is 1.89 bits per heavy atom. The van der Waals surface area contributed by atoms with Crippen LogP contribution in [0.15, 0.2) is 11.4 Å². The van der Waals surface area contributed by atoms with Gasteiger partial charge in [-0.1, -0.05) is 11.8 Å². The van der Waals surface area contributed by atoms with Crippen molar-refractivity contribution in [1.82, 2.24) is 15.3 Å². The van der Waals surface area contributed by atoms with Gasteiger partial charge in [-0.2, -0.15) is 0 Å². The van der Waals surface area contributed by atoms with Gasteiger partial charge in [-0.3, -0.25) is 4.79 Å². The van der Waals surface area contributed by atoms with Crippen LogP contribution in [0.4, 0.5) is 0 Å². The molecule has 1 N–H and O–H groups in total. The van der Waals surface area contributed by atoms with E-state index in [0.29, 0.717) is 0 Å². The molecule has 1 amide bonds. The first-order chi connectivity index (χ1) is 13.6. The van der Waals surface area contributed by atoms with Crippen LogP contribution in [0.25, 0.3) is 10.2 Å². The first-order valence-corrected chi connectivity index (χ1v) is 12.5. The molecule has 2 aromatic heterocycles. The highest BCUT2D eigenvalue weighted by atomic mass is 32.2. The van der Waals surface area contributed by atoms with Gasteiger partial charge >= 0.3 is 0 Å². The van der Waals surface area contributed by atoms with Crippen molar-refractivity contribution in [2.75, 3.05) is 0 Å². The molecule has 4 fully saturated rings. The van der Waals surface area contributed by atoms with E-state index in [1.807, 2.05) is 18.3 Å². The second-order valence-corrected chi connectivity index (χ2v) is 12.1. The zero-order valence-electron chi connectivity index (χ0n) is 16.4. The van der Waals surface area contributed by atoms with Crippen LogP contribution >= 0.6 is 23.1 Å². The van der Waals surface area contributed by atoms with Crippen molar-refractivity contribution in [2.45, 2.75) is 80.5 Å². The lowest BCUT2D eigenvalue weighted by Crippen LogP contribution is -2.60. The third-order valence-electron chi connectivity index (χ3n) is 7.55. The predicted octanol–water partition coefficient (Wildman–Crippen LogP) is 4.75. The standard InChI is InChI=1S/C22H27N3OS2/c1-12(19(26)25-22-8-13-5-14(9-22)7-15(6-13)10-22)27-20-18-16-3-2-4-17(16)28-21(18)24-11-23-20/h11-15H,2-10H2,1H3,(H,25,26). The van der Waals surface area contributed by atoms with Crippen molar-refractivity contribution in [3.05, 3.63) is 16.8 Å². The van der Waals surface area contributed by atoms with E-state index in [2.05, 4.69) is 15.3 Å². The number of aromatic nitrogens is 2. The molecule has 4 nitrogen and oxygen atoms in total. The summed E-state index contributed by atoms with van der Waals surface area (Å²) in [5, 5.41) is 5.64.